The number of unbranched alkanes of at least 4 members (excludes halogenated alkanes) is 3. The maximum Gasteiger partial charge on any atom is 0.214 e. The number of hydrogen-bond donors (Lipinski definition) is 1. The molecular formula is C11H22INO4S2. The fraction of sp³-hybridized carbons (Fsp3) is 1.00. The minimum absolute atomic E-state index is 0.00572. The lowest BCUT2D eigenvalue weighted by molar-refractivity contribution is 0.539. The van der Waals surface area contributed by atoms with Crippen LogP contribution in [0.4, 0.5) is 0 Å². The first-order chi connectivity index (χ1) is 8.87. The summed E-state index contributed by atoms with van der Waals surface area (Å²) in [5.74, 6) is -0.0114. The zero-order chi connectivity index (χ0) is 14.4. The molecule has 0 aliphatic carbocycles. The molecule has 1 heterocycles. The summed E-state index contributed by atoms with van der Waals surface area (Å²) in [7, 11) is -6.35. The number of halogens is 1. The van der Waals surface area contributed by atoms with Crippen LogP contribution in [-0.2, 0) is 19.9 Å². The van der Waals surface area contributed by atoms with Gasteiger partial charge in [0, 0.05) is 6.54 Å². The molecule has 1 aliphatic heterocycles. The summed E-state index contributed by atoms with van der Waals surface area (Å²) in [5.41, 5.74) is 0. The Morgan fingerprint density at radius 3 is 2.21 bits per heavy atom. The Bertz CT molecular complexity index is 447. The molecule has 1 N–H and O–H groups in total. The van der Waals surface area contributed by atoms with Crippen molar-refractivity contribution in [1.82, 2.24) is 4.72 Å². The third-order valence-electron chi connectivity index (χ3n) is 3.30. The molecule has 0 bridgehead atoms. The summed E-state index contributed by atoms with van der Waals surface area (Å²) >= 11 is 2.33. The highest BCUT2D eigenvalue weighted by Gasteiger charge is 2.32. The van der Waals surface area contributed by atoms with Gasteiger partial charge in [-0.3, -0.25) is 0 Å². The van der Waals surface area contributed by atoms with Crippen molar-refractivity contribution in [2.45, 2.75) is 43.8 Å². The van der Waals surface area contributed by atoms with E-state index in [1.807, 2.05) is 0 Å². The van der Waals surface area contributed by atoms with Gasteiger partial charge in [-0.25, -0.2) is 21.6 Å². The highest BCUT2D eigenvalue weighted by Crippen LogP contribution is 2.18. The van der Waals surface area contributed by atoms with E-state index >= 15 is 0 Å². The highest BCUT2D eigenvalue weighted by molar-refractivity contribution is 14.1. The number of sulfonamides is 1. The minimum Gasteiger partial charge on any atom is -0.229 e. The van der Waals surface area contributed by atoms with Crippen LogP contribution >= 0.6 is 22.6 Å². The normalized spacial score (nSPS) is 20.5. The van der Waals surface area contributed by atoms with Crippen LogP contribution in [0, 0.1) is 0 Å². The SMILES string of the molecule is O=S1(=O)CCC(S(=O)(=O)NCCCCCCI)CC1. The van der Waals surface area contributed by atoms with E-state index in [0.29, 0.717) is 6.54 Å². The highest BCUT2D eigenvalue weighted by atomic mass is 127. The topological polar surface area (TPSA) is 80.3 Å². The summed E-state index contributed by atoms with van der Waals surface area (Å²) in [6.45, 7) is 0.465. The molecule has 1 fully saturated rings. The third kappa shape index (κ3) is 6.72. The van der Waals surface area contributed by atoms with Crippen LogP contribution in [0.3, 0.4) is 0 Å². The average Bonchev–Trinajstić information content (AvgIpc) is 2.33. The van der Waals surface area contributed by atoms with Gasteiger partial charge in [-0.1, -0.05) is 35.4 Å². The number of rotatable bonds is 8. The number of nitrogens with one attached hydrogen (secondary N) is 1. The van der Waals surface area contributed by atoms with E-state index < -0.39 is 25.1 Å². The molecule has 0 spiro atoms. The van der Waals surface area contributed by atoms with Gasteiger partial charge in [0.05, 0.1) is 16.8 Å². The van der Waals surface area contributed by atoms with Crippen molar-refractivity contribution >= 4 is 42.5 Å². The first-order valence-corrected chi connectivity index (χ1v) is 11.5. The maximum atomic E-state index is 12.0. The van der Waals surface area contributed by atoms with E-state index in [0.717, 1.165) is 23.7 Å². The predicted molar refractivity (Wildman–Crippen MR) is 86.0 cm³/mol. The first kappa shape index (κ1) is 17.6. The lowest BCUT2D eigenvalue weighted by Gasteiger charge is -2.22. The molecule has 8 heteroatoms. The van der Waals surface area contributed by atoms with Crippen LogP contribution in [0.15, 0.2) is 0 Å². The van der Waals surface area contributed by atoms with E-state index in [2.05, 4.69) is 27.3 Å². The van der Waals surface area contributed by atoms with Gasteiger partial charge in [-0.05, 0) is 30.1 Å². The van der Waals surface area contributed by atoms with Gasteiger partial charge in [0.1, 0.15) is 9.84 Å². The molecule has 0 unspecified atom stereocenters. The Morgan fingerprint density at radius 1 is 1.05 bits per heavy atom. The Kier molecular flexibility index (Phi) is 7.55. The number of hydrogen-bond acceptors (Lipinski definition) is 4. The second kappa shape index (κ2) is 8.14. The molecule has 0 aromatic rings. The van der Waals surface area contributed by atoms with Crippen molar-refractivity contribution in [1.29, 1.82) is 0 Å². The monoisotopic (exact) mass is 423 g/mol. The lowest BCUT2D eigenvalue weighted by Crippen LogP contribution is -2.40. The summed E-state index contributed by atoms with van der Waals surface area (Å²) < 4.78 is 50.2. The summed E-state index contributed by atoms with van der Waals surface area (Å²) in [6, 6.07) is 0. The van der Waals surface area contributed by atoms with E-state index in [-0.39, 0.29) is 24.3 Å². The molecule has 0 amide bonds. The zero-order valence-corrected chi connectivity index (χ0v) is 14.8. The molecule has 1 saturated heterocycles. The van der Waals surface area contributed by atoms with E-state index in [4.69, 9.17) is 0 Å². The van der Waals surface area contributed by atoms with Gasteiger partial charge in [0.25, 0.3) is 0 Å². The number of alkyl halides is 1. The van der Waals surface area contributed by atoms with Gasteiger partial charge < -0.3 is 0 Å². The first-order valence-electron chi connectivity index (χ1n) is 6.62. The smallest absolute Gasteiger partial charge is 0.214 e. The van der Waals surface area contributed by atoms with Crippen molar-refractivity contribution in [2.75, 3.05) is 22.5 Å². The fourth-order valence-corrected chi connectivity index (χ4v) is 5.93. The third-order valence-corrected chi connectivity index (χ3v) is 7.74. The number of sulfone groups is 1. The van der Waals surface area contributed by atoms with Gasteiger partial charge in [0.15, 0.2) is 0 Å². The molecular weight excluding hydrogens is 401 g/mol. The quantitative estimate of drug-likeness (QED) is 0.364. The van der Waals surface area contributed by atoms with Crippen LogP contribution in [0.5, 0.6) is 0 Å². The molecule has 19 heavy (non-hydrogen) atoms. The van der Waals surface area contributed by atoms with Gasteiger partial charge in [0.2, 0.25) is 10.0 Å². The molecule has 0 atom stereocenters. The molecule has 114 valence electrons. The van der Waals surface area contributed by atoms with E-state index in [9.17, 15) is 16.8 Å². The van der Waals surface area contributed by atoms with E-state index in [1.54, 1.807) is 0 Å². The van der Waals surface area contributed by atoms with Gasteiger partial charge in [-0.2, -0.15) is 0 Å². The van der Waals surface area contributed by atoms with Crippen molar-refractivity contribution in [2.24, 2.45) is 0 Å². The summed E-state index contributed by atoms with van der Waals surface area (Å²) in [6.07, 6.45) is 4.64. The lowest BCUT2D eigenvalue weighted by atomic mass is 10.2. The molecule has 1 rings (SSSR count). The molecule has 0 saturated carbocycles. The van der Waals surface area contributed by atoms with Crippen molar-refractivity contribution in [3.05, 3.63) is 0 Å². The van der Waals surface area contributed by atoms with E-state index in [1.165, 1.54) is 6.42 Å². The van der Waals surface area contributed by atoms with Gasteiger partial charge >= 0.3 is 0 Å². The van der Waals surface area contributed by atoms with Crippen LogP contribution in [0.25, 0.3) is 0 Å². The van der Waals surface area contributed by atoms with Crippen molar-refractivity contribution < 1.29 is 16.8 Å². The Balaban J connectivity index is 2.28. The Labute approximate surface area is 130 Å². The molecule has 0 radical (unpaired) electrons. The van der Waals surface area contributed by atoms with Crippen LogP contribution < -0.4 is 4.72 Å². The standard InChI is InChI=1S/C11H22INO4S2/c12-7-3-1-2-4-8-13-19(16,17)11-5-9-18(14,15)10-6-11/h11,13H,1-10H2. The predicted octanol–water partition coefficient (Wildman–Crippen LogP) is 1.48. The minimum atomic E-state index is -3.34. The molecule has 0 aromatic carbocycles. The largest absolute Gasteiger partial charge is 0.229 e. The average molecular weight is 423 g/mol. The van der Waals surface area contributed by atoms with Gasteiger partial charge in [-0.15, -0.1) is 0 Å². The zero-order valence-electron chi connectivity index (χ0n) is 11.0. The Hall–Kier alpha value is 0.590. The fourth-order valence-electron chi connectivity index (χ4n) is 2.08. The van der Waals surface area contributed by atoms with Crippen molar-refractivity contribution in [3.8, 4) is 0 Å². The molecule has 0 aromatic heterocycles. The van der Waals surface area contributed by atoms with Crippen molar-refractivity contribution in [3.63, 3.8) is 0 Å². The maximum absolute atomic E-state index is 12.0. The second-order valence-corrected chi connectivity index (χ2v) is 10.3. The second-order valence-electron chi connectivity index (χ2n) is 4.89. The molecule has 1 aliphatic rings. The van der Waals surface area contributed by atoms with Crippen LogP contribution in [0.2, 0.25) is 0 Å². The Morgan fingerprint density at radius 2 is 1.63 bits per heavy atom. The molecule has 5 nitrogen and oxygen atoms in total. The summed E-state index contributed by atoms with van der Waals surface area (Å²) in [4.78, 5) is 0. The summed E-state index contributed by atoms with van der Waals surface area (Å²) in [5, 5.41) is -0.537. The van der Waals surface area contributed by atoms with Crippen LogP contribution in [0.1, 0.15) is 38.5 Å². The van der Waals surface area contributed by atoms with Crippen LogP contribution in [-0.4, -0.2) is 44.6 Å².